The summed E-state index contributed by atoms with van der Waals surface area (Å²) in [5, 5.41) is 4.67. The molecule has 1 aliphatic heterocycles. The Labute approximate surface area is 191 Å². The largest absolute Gasteiger partial charge is 0.419 e. The Hall–Kier alpha value is -2.39. The third-order valence-electron chi connectivity index (χ3n) is 7.26. The van der Waals surface area contributed by atoms with Crippen molar-refractivity contribution in [1.82, 2.24) is 19.7 Å². The first-order valence-corrected chi connectivity index (χ1v) is 11.6. The van der Waals surface area contributed by atoms with E-state index in [1.807, 2.05) is 24.6 Å². The Morgan fingerprint density at radius 3 is 2.67 bits per heavy atom. The number of alkyl halides is 3. The summed E-state index contributed by atoms with van der Waals surface area (Å²) in [5.41, 5.74) is 7.87. The molecule has 5 rings (SSSR count). The van der Waals surface area contributed by atoms with Gasteiger partial charge in [0, 0.05) is 49.1 Å². The number of hydrogen-bond acceptors (Lipinski definition) is 5. The van der Waals surface area contributed by atoms with Gasteiger partial charge in [0.15, 0.2) is 0 Å². The molecule has 0 radical (unpaired) electrons. The molecule has 178 valence electrons. The van der Waals surface area contributed by atoms with Gasteiger partial charge >= 0.3 is 6.18 Å². The van der Waals surface area contributed by atoms with Gasteiger partial charge in [-0.2, -0.15) is 18.3 Å². The number of nitrogens with two attached hydrogens (primary N) is 1. The Balaban J connectivity index is 1.40. The summed E-state index contributed by atoms with van der Waals surface area (Å²) in [6, 6.07) is 3.52. The number of piperidine rings is 1. The third-order valence-corrected chi connectivity index (χ3v) is 7.26. The number of ether oxygens (including phenoxy) is 1. The quantitative estimate of drug-likeness (QED) is 0.657. The summed E-state index contributed by atoms with van der Waals surface area (Å²) >= 11 is 0. The average Bonchev–Trinajstić information content (AvgIpc) is 3.13. The number of fused-ring (bicyclic) bond motifs is 1. The molecule has 1 saturated carbocycles. The average molecular weight is 462 g/mol. The van der Waals surface area contributed by atoms with E-state index in [-0.39, 0.29) is 12.0 Å². The molecule has 2 aliphatic carbocycles. The SMILES string of the molecule is CO[C@H]1CCCN([C@@H]2C=C3[C@@H](C2)[C@@H]3c2cc(-c3cnc(N)c(C(F)(F)F)c3)nn2C(C)C)C1. The van der Waals surface area contributed by atoms with Crippen LogP contribution in [0.3, 0.4) is 0 Å². The van der Waals surface area contributed by atoms with Gasteiger partial charge in [0.2, 0.25) is 0 Å². The van der Waals surface area contributed by atoms with Crippen LogP contribution in [0.15, 0.2) is 30.0 Å². The highest BCUT2D eigenvalue weighted by Gasteiger charge is 2.52. The second-order valence-corrected chi connectivity index (χ2v) is 9.70. The minimum atomic E-state index is -4.56. The van der Waals surface area contributed by atoms with Crippen LogP contribution in [0.5, 0.6) is 0 Å². The van der Waals surface area contributed by atoms with E-state index in [1.165, 1.54) is 11.8 Å². The molecule has 0 aromatic carbocycles. The summed E-state index contributed by atoms with van der Waals surface area (Å²) in [5.74, 6) is 0.253. The Morgan fingerprint density at radius 1 is 1.24 bits per heavy atom. The molecule has 0 amide bonds. The lowest BCUT2D eigenvalue weighted by molar-refractivity contribution is -0.137. The fourth-order valence-corrected chi connectivity index (χ4v) is 5.52. The fraction of sp³-hybridized carbons (Fsp3) is 0.583. The zero-order valence-corrected chi connectivity index (χ0v) is 19.1. The molecule has 2 aromatic rings. The molecule has 3 heterocycles. The Bertz CT molecular complexity index is 1080. The number of hydrogen-bond donors (Lipinski definition) is 1. The van der Waals surface area contributed by atoms with Gasteiger partial charge in [-0.3, -0.25) is 9.58 Å². The van der Waals surface area contributed by atoms with E-state index >= 15 is 0 Å². The predicted octanol–water partition coefficient (Wildman–Crippen LogP) is 4.65. The second-order valence-electron chi connectivity index (χ2n) is 9.70. The van der Waals surface area contributed by atoms with Crippen LogP contribution >= 0.6 is 0 Å². The van der Waals surface area contributed by atoms with Crippen molar-refractivity contribution >= 4 is 5.82 Å². The monoisotopic (exact) mass is 461 g/mol. The molecule has 2 fully saturated rings. The van der Waals surface area contributed by atoms with Gasteiger partial charge in [-0.25, -0.2) is 4.98 Å². The summed E-state index contributed by atoms with van der Waals surface area (Å²) in [6.07, 6.45) is 2.88. The highest BCUT2D eigenvalue weighted by atomic mass is 19.4. The van der Waals surface area contributed by atoms with E-state index in [0.29, 0.717) is 29.3 Å². The van der Waals surface area contributed by atoms with E-state index < -0.39 is 17.6 Å². The first-order valence-electron chi connectivity index (χ1n) is 11.6. The lowest BCUT2D eigenvalue weighted by atomic mass is 10.0. The predicted molar refractivity (Wildman–Crippen MR) is 120 cm³/mol. The molecule has 9 heteroatoms. The van der Waals surface area contributed by atoms with E-state index in [9.17, 15) is 13.2 Å². The lowest BCUT2D eigenvalue weighted by Crippen LogP contribution is -2.44. The number of methoxy groups -OCH3 is 1. The molecule has 0 spiro atoms. The molecule has 0 bridgehead atoms. The Kier molecular flexibility index (Phi) is 5.52. The van der Waals surface area contributed by atoms with Crippen LogP contribution < -0.4 is 5.73 Å². The molecule has 2 aromatic heterocycles. The zero-order chi connectivity index (χ0) is 23.5. The normalized spacial score (nSPS) is 27.7. The summed E-state index contributed by atoms with van der Waals surface area (Å²) < 4.78 is 47.5. The van der Waals surface area contributed by atoms with Crippen molar-refractivity contribution in [3.63, 3.8) is 0 Å². The molecular formula is C24H30F3N5O. The van der Waals surface area contributed by atoms with Crippen molar-refractivity contribution < 1.29 is 17.9 Å². The van der Waals surface area contributed by atoms with E-state index in [0.717, 1.165) is 44.1 Å². The van der Waals surface area contributed by atoms with Gasteiger partial charge in [-0.05, 0) is 57.7 Å². The van der Waals surface area contributed by atoms with Gasteiger partial charge < -0.3 is 10.5 Å². The molecule has 2 N–H and O–H groups in total. The van der Waals surface area contributed by atoms with Gasteiger partial charge in [-0.15, -0.1) is 0 Å². The molecular weight excluding hydrogens is 431 g/mol. The Morgan fingerprint density at radius 2 is 2.03 bits per heavy atom. The molecule has 33 heavy (non-hydrogen) atoms. The maximum atomic E-state index is 13.3. The topological polar surface area (TPSA) is 69.2 Å². The van der Waals surface area contributed by atoms with Crippen LogP contribution in [-0.2, 0) is 10.9 Å². The summed E-state index contributed by atoms with van der Waals surface area (Å²) in [7, 11) is 1.79. The number of aromatic nitrogens is 3. The van der Waals surface area contributed by atoms with Crippen molar-refractivity contribution in [3.8, 4) is 11.3 Å². The minimum absolute atomic E-state index is 0.0971. The number of anilines is 1. The molecule has 3 aliphatic rings. The summed E-state index contributed by atoms with van der Waals surface area (Å²) in [4.78, 5) is 6.31. The number of nitrogens with zero attached hydrogens (tertiary/aromatic N) is 4. The van der Waals surface area contributed by atoms with Crippen molar-refractivity contribution in [2.75, 3.05) is 25.9 Å². The van der Waals surface area contributed by atoms with E-state index in [4.69, 9.17) is 10.5 Å². The van der Waals surface area contributed by atoms with Crippen LogP contribution in [0.4, 0.5) is 19.0 Å². The van der Waals surface area contributed by atoms with E-state index in [1.54, 1.807) is 7.11 Å². The maximum absolute atomic E-state index is 13.3. The van der Waals surface area contributed by atoms with Crippen LogP contribution in [0, 0.1) is 5.92 Å². The van der Waals surface area contributed by atoms with E-state index in [2.05, 4.69) is 21.1 Å². The summed E-state index contributed by atoms with van der Waals surface area (Å²) in [6.45, 7) is 6.15. The molecule has 6 nitrogen and oxygen atoms in total. The molecule has 1 saturated heterocycles. The highest BCUT2D eigenvalue weighted by molar-refractivity contribution is 5.64. The van der Waals surface area contributed by atoms with Crippen molar-refractivity contribution in [1.29, 1.82) is 0 Å². The number of allylic oxidation sites excluding steroid dienone is 1. The van der Waals surface area contributed by atoms with Crippen molar-refractivity contribution in [3.05, 3.63) is 41.2 Å². The van der Waals surface area contributed by atoms with Crippen LogP contribution in [0.25, 0.3) is 11.3 Å². The van der Waals surface area contributed by atoms with Crippen LogP contribution in [0.1, 0.15) is 56.3 Å². The first-order chi connectivity index (χ1) is 15.7. The number of nitrogen functional groups attached to an aromatic ring is 1. The van der Waals surface area contributed by atoms with Crippen molar-refractivity contribution in [2.24, 2.45) is 5.92 Å². The maximum Gasteiger partial charge on any atom is 0.419 e. The molecule has 0 unspecified atom stereocenters. The standard InChI is InChI=1S/C24H30F3N5O/c1-13(2)32-21(10-20(30-32)14-7-19(24(25,26)27)23(28)29-11-14)22-17-8-15(9-18(17)22)31-6-4-5-16(12-31)33-3/h7-8,10-11,13,15-16,18,22H,4-6,9,12H2,1-3H3,(H2,28,29)/t15-,16+,18-,22-/m1/s1. The minimum Gasteiger partial charge on any atom is -0.383 e. The third kappa shape index (κ3) is 4.05. The zero-order valence-electron chi connectivity index (χ0n) is 19.1. The number of pyridine rings is 1. The second kappa shape index (κ2) is 8.13. The fourth-order valence-electron chi connectivity index (χ4n) is 5.52. The number of likely N-dealkylation sites (tertiary alicyclic amines) is 1. The van der Waals surface area contributed by atoms with Gasteiger partial charge in [-0.1, -0.05) is 11.6 Å². The number of rotatable bonds is 5. The van der Waals surface area contributed by atoms with Gasteiger partial charge in [0.1, 0.15) is 5.82 Å². The number of halogens is 3. The molecule has 4 atom stereocenters. The lowest BCUT2D eigenvalue weighted by Gasteiger charge is -2.36. The van der Waals surface area contributed by atoms with Crippen LogP contribution in [0.2, 0.25) is 0 Å². The van der Waals surface area contributed by atoms with Crippen molar-refractivity contribution in [2.45, 2.75) is 63.4 Å². The smallest absolute Gasteiger partial charge is 0.383 e. The first kappa shape index (κ1) is 22.4. The van der Waals surface area contributed by atoms with Gasteiger partial charge in [0.25, 0.3) is 0 Å². The van der Waals surface area contributed by atoms with Crippen LogP contribution in [-0.4, -0.2) is 52.0 Å². The highest BCUT2D eigenvalue weighted by Crippen LogP contribution is 2.61. The van der Waals surface area contributed by atoms with Gasteiger partial charge in [0.05, 0.1) is 17.4 Å².